The maximum atomic E-state index is 4.98. The van der Waals surface area contributed by atoms with Crippen molar-refractivity contribution in [3.8, 4) is 11.3 Å². The highest BCUT2D eigenvalue weighted by atomic mass is 79.9. The number of hydrogen-bond acceptors (Lipinski definition) is 2. The van der Waals surface area contributed by atoms with Crippen LogP contribution in [0.1, 0.15) is 0 Å². The predicted molar refractivity (Wildman–Crippen MR) is 108 cm³/mol. The highest BCUT2D eigenvalue weighted by Crippen LogP contribution is 2.33. The quantitative estimate of drug-likeness (QED) is 0.314. The van der Waals surface area contributed by atoms with Gasteiger partial charge in [-0.05, 0) is 22.9 Å². The van der Waals surface area contributed by atoms with Crippen LogP contribution in [0.15, 0.2) is 83.5 Å². The molecule has 0 spiro atoms. The number of hydrogen-bond donors (Lipinski definition) is 0. The van der Waals surface area contributed by atoms with Crippen molar-refractivity contribution < 1.29 is 0 Å². The lowest BCUT2D eigenvalue weighted by Gasteiger charge is -2.10. The molecule has 25 heavy (non-hydrogen) atoms. The van der Waals surface area contributed by atoms with Gasteiger partial charge in [0, 0.05) is 20.8 Å². The van der Waals surface area contributed by atoms with E-state index in [0.29, 0.717) is 0 Å². The Balaban J connectivity index is 1.91. The van der Waals surface area contributed by atoms with E-state index in [1.807, 2.05) is 18.3 Å². The lowest BCUT2D eigenvalue weighted by molar-refractivity contribution is 1.31. The van der Waals surface area contributed by atoms with Crippen LogP contribution in [0.4, 0.5) is 0 Å². The second kappa shape index (κ2) is 5.64. The molecule has 0 amide bonds. The van der Waals surface area contributed by atoms with E-state index in [1.54, 1.807) is 0 Å². The van der Waals surface area contributed by atoms with Gasteiger partial charge in [-0.3, -0.25) is 4.98 Å². The molecular formula is C22H13BrN2. The third-order valence-electron chi connectivity index (χ3n) is 4.57. The van der Waals surface area contributed by atoms with Gasteiger partial charge in [-0.1, -0.05) is 76.6 Å². The van der Waals surface area contributed by atoms with Gasteiger partial charge in [-0.25, -0.2) is 4.98 Å². The highest BCUT2D eigenvalue weighted by Gasteiger charge is 2.11. The minimum Gasteiger partial charge on any atom is -0.252 e. The molecule has 4 aromatic carbocycles. The summed E-state index contributed by atoms with van der Waals surface area (Å²) in [4.78, 5) is 9.76. The Morgan fingerprint density at radius 3 is 1.80 bits per heavy atom. The van der Waals surface area contributed by atoms with Gasteiger partial charge in [0.1, 0.15) is 0 Å². The van der Waals surface area contributed by atoms with Gasteiger partial charge >= 0.3 is 0 Å². The number of halogens is 1. The SMILES string of the molecule is Brc1ccc(-c2cnc3c4ccccc4c4ccccc4c3n2)cc1. The van der Waals surface area contributed by atoms with Gasteiger partial charge in [0.05, 0.1) is 22.9 Å². The zero-order valence-electron chi connectivity index (χ0n) is 13.3. The molecule has 1 heterocycles. The maximum Gasteiger partial charge on any atom is 0.0979 e. The Hall–Kier alpha value is -2.78. The monoisotopic (exact) mass is 384 g/mol. The van der Waals surface area contributed by atoms with E-state index >= 15 is 0 Å². The summed E-state index contributed by atoms with van der Waals surface area (Å²) in [6, 6.07) is 25.0. The molecule has 0 aliphatic rings. The first-order valence-electron chi connectivity index (χ1n) is 8.13. The summed E-state index contributed by atoms with van der Waals surface area (Å²) < 4.78 is 1.06. The fourth-order valence-electron chi connectivity index (χ4n) is 3.38. The molecule has 0 bridgehead atoms. The first-order valence-corrected chi connectivity index (χ1v) is 8.93. The number of benzene rings is 4. The lowest BCUT2D eigenvalue weighted by atomic mass is 9.99. The molecule has 0 radical (unpaired) electrons. The molecular weight excluding hydrogens is 372 g/mol. The molecule has 5 rings (SSSR count). The van der Waals surface area contributed by atoms with E-state index in [2.05, 4.69) is 76.6 Å². The van der Waals surface area contributed by atoms with Crippen molar-refractivity contribution in [1.82, 2.24) is 9.97 Å². The maximum absolute atomic E-state index is 4.98. The first-order chi connectivity index (χ1) is 12.3. The van der Waals surface area contributed by atoms with Crippen LogP contribution >= 0.6 is 15.9 Å². The van der Waals surface area contributed by atoms with Gasteiger partial charge in [0.25, 0.3) is 0 Å². The standard InChI is InChI=1S/C22H13BrN2/c23-15-11-9-14(10-12-15)20-13-24-21-18-7-3-1-5-16(18)17-6-2-4-8-19(17)22(21)25-20/h1-13H. The van der Waals surface area contributed by atoms with E-state index < -0.39 is 0 Å². The highest BCUT2D eigenvalue weighted by molar-refractivity contribution is 9.10. The van der Waals surface area contributed by atoms with Crippen LogP contribution in [-0.2, 0) is 0 Å². The minimum atomic E-state index is 0.889. The van der Waals surface area contributed by atoms with E-state index in [-0.39, 0.29) is 0 Å². The Bertz CT molecular complexity index is 1210. The smallest absolute Gasteiger partial charge is 0.0979 e. The molecule has 0 atom stereocenters. The Labute approximate surface area is 153 Å². The Morgan fingerprint density at radius 1 is 0.600 bits per heavy atom. The fourth-order valence-corrected chi connectivity index (χ4v) is 3.65. The van der Waals surface area contributed by atoms with Crippen LogP contribution in [0.2, 0.25) is 0 Å². The second-order valence-corrected chi connectivity index (χ2v) is 6.97. The summed E-state index contributed by atoms with van der Waals surface area (Å²) in [6.07, 6.45) is 1.87. The van der Waals surface area contributed by atoms with Crippen LogP contribution in [0.5, 0.6) is 0 Å². The van der Waals surface area contributed by atoms with Crippen molar-refractivity contribution in [3.63, 3.8) is 0 Å². The minimum absolute atomic E-state index is 0.889. The van der Waals surface area contributed by atoms with Crippen LogP contribution in [-0.4, -0.2) is 9.97 Å². The van der Waals surface area contributed by atoms with Crippen molar-refractivity contribution in [2.75, 3.05) is 0 Å². The molecule has 1 aromatic heterocycles. The van der Waals surface area contributed by atoms with Gasteiger partial charge in [-0.15, -0.1) is 0 Å². The van der Waals surface area contributed by atoms with E-state index in [0.717, 1.165) is 37.5 Å². The molecule has 0 aliphatic carbocycles. The van der Waals surface area contributed by atoms with Gasteiger partial charge in [-0.2, -0.15) is 0 Å². The number of nitrogens with zero attached hydrogens (tertiary/aromatic N) is 2. The average molecular weight is 385 g/mol. The summed E-state index contributed by atoms with van der Waals surface area (Å²) in [5.74, 6) is 0. The molecule has 0 saturated carbocycles. The molecule has 0 aliphatic heterocycles. The fraction of sp³-hybridized carbons (Fsp3) is 0. The molecule has 0 fully saturated rings. The van der Waals surface area contributed by atoms with Crippen LogP contribution < -0.4 is 0 Å². The molecule has 0 unspecified atom stereocenters. The topological polar surface area (TPSA) is 25.8 Å². The normalized spacial score (nSPS) is 11.4. The molecule has 0 N–H and O–H groups in total. The summed E-state index contributed by atoms with van der Waals surface area (Å²) in [5.41, 5.74) is 3.86. The van der Waals surface area contributed by atoms with E-state index in [9.17, 15) is 0 Å². The van der Waals surface area contributed by atoms with E-state index in [4.69, 9.17) is 9.97 Å². The molecule has 2 nitrogen and oxygen atoms in total. The summed E-state index contributed by atoms with van der Waals surface area (Å²) >= 11 is 3.48. The Kier molecular flexibility index (Phi) is 3.28. The second-order valence-electron chi connectivity index (χ2n) is 6.05. The zero-order chi connectivity index (χ0) is 16.8. The third-order valence-corrected chi connectivity index (χ3v) is 5.10. The van der Waals surface area contributed by atoms with E-state index in [1.165, 1.54) is 10.8 Å². The third kappa shape index (κ3) is 2.31. The lowest BCUT2D eigenvalue weighted by Crippen LogP contribution is -1.92. The summed E-state index contributed by atoms with van der Waals surface area (Å²) in [6.45, 7) is 0. The van der Waals surface area contributed by atoms with Crippen LogP contribution in [0.25, 0.3) is 43.8 Å². The van der Waals surface area contributed by atoms with Crippen molar-refractivity contribution in [2.24, 2.45) is 0 Å². The van der Waals surface area contributed by atoms with Crippen molar-refractivity contribution in [3.05, 3.63) is 83.5 Å². The predicted octanol–water partition coefficient (Wildman–Crippen LogP) is 6.37. The summed E-state index contributed by atoms with van der Waals surface area (Å²) in [5, 5.41) is 4.72. The van der Waals surface area contributed by atoms with Crippen LogP contribution in [0.3, 0.4) is 0 Å². The average Bonchev–Trinajstić information content (AvgIpc) is 2.68. The Morgan fingerprint density at radius 2 is 1.16 bits per heavy atom. The number of fused-ring (bicyclic) bond motifs is 6. The van der Waals surface area contributed by atoms with Gasteiger partial charge < -0.3 is 0 Å². The van der Waals surface area contributed by atoms with Crippen molar-refractivity contribution in [2.45, 2.75) is 0 Å². The first kappa shape index (κ1) is 14.6. The van der Waals surface area contributed by atoms with Gasteiger partial charge in [0.15, 0.2) is 0 Å². The molecule has 0 saturated heterocycles. The largest absolute Gasteiger partial charge is 0.252 e. The van der Waals surface area contributed by atoms with Crippen molar-refractivity contribution in [1.29, 1.82) is 0 Å². The zero-order valence-corrected chi connectivity index (χ0v) is 14.9. The van der Waals surface area contributed by atoms with Crippen molar-refractivity contribution >= 4 is 48.5 Å². The number of rotatable bonds is 1. The number of aromatic nitrogens is 2. The molecule has 5 aromatic rings. The molecule has 3 heteroatoms. The summed E-state index contributed by atoms with van der Waals surface area (Å²) in [7, 11) is 0. The van der Waals surface area contributed by atoms with Gasteiger partial charge in [0.2, 0.25) is 0 Å². The molecule has 118 valence electrons. The van der Waals surface area contributed by atoms with Crippen LogP contribution in [0, 0.1) is 0 Å².